The van der Waals surface area contributed by atoms with Crippen LogP contribution in [0.25, 0.3) is 10.9 Å². The van der Waals surface area contributed by atoms with Crippen LogP contribution in [0, 0.1) is 18.6 Å². The Morgan fingerprint density at radius 1 is 0.962 bits per heavy atom. The monoisotopic (exact) mass is 358 g/mol. The van der Waals surface area contributed by atoms with E-state index < -0.39 is 11.6 Å². The minimum absolute atomic E-state index is 0.130. The standard InChI is InChI=1S/C20H20F2N2O2/c1-4-25-18-7-6-14(11-19(18)26-5-2)24-17-8-12(3)23-20-15(17)9-13(21)10-16(20)22/h6-11H,4-5H2,1-3H3,(H,23,24). The molecule has 0 saturated heterocycles. The number of halogens is 2. The molecule has 1 aromatic heterocycles. The van der Waals surface area contributed by atoms with Crippen LogP contribution in [0.2, 0.25) is 0 Å². The largest absolute Gasteiger partial charge is 0.490 e. The van der Waals surface area contributed by atoms with Gasteiger partial charge in [-0.2, -0.15) is 0 Å². The molecule has 0 amide bonds. The lowest BCUT2D eigenvalue weighted by Gasteiger charge is -2.15. The molecule has 0 unspecified atom stereocenters. The SMILES string of the molecule is CCOc1ccc(Nc2cc(C)nc3c(F)cc(F)cc23)cc1OCC. The van der Waals surface area contributed by atoms with E-state index >= 15 is 0 Å². The van der Waals surface area contributed by atoms with Gasteiger partial charge in [-0.3, -0.25) is 0 Å². The van der Waals surface area contributed by atoms with Crippen LogP contribution >= 0.6 is 0 Å². The van der Waals surface area contributed by atoms with Gasteiger partial charge in [-0.1, -0.05) is 0 Å². The number of fused-ring (bicyclic) bond motifs is 1. The van der Waals surface area contributed by atoms with Crippen LogP contribution in [0.15, 0.2) is 36.4 Å². The number of nitrogens with one attached hydrogen (secondary N) is 1. The van der Waals surface area contributed by atoms with Crippen molar-refractivity contribution in [3.63, 3.8) is 0 Å². The first kappa shape index (κ1) is 17.9. The molecule has 136 valence electrons. The smallest absolute Gasteiger partial charge is 0.163 e. The highest BCUT2D eigenvalue weighted by Crippen LogP contribution is 2.34. The number of anilines is 2. The van der Waals surface area contributed by atoms with Gasteiger partial charge < -0.3 is 14.8 Å². The van der Waals surface area contributed by atoms with E-state index in [-0.39, 0.29) is 5.52 Å². The third-order valence-corrected chi connectivity index (χ3v) is 3.78. The van der Waals surface area contributed by atoms with Crippen molar-refractivity contribution in [2.75, 3.05) is 18.5 Å². The van der Waals surface area contributed by atoms with Crippen molar-refractivity contribution in [1.29, 1.82) is 0 Å². The molecule has 0 aliphatic rings. The molecule has 2 aromatic carbocycles. The van der Waals surface area contributed by atoms with Crippen LogP contribution in [-0.4, -0.2) is 18.2 Å². The van der Waals surface area contributed by atoms with E-state index in [4.69, 9.17) is 9.47 Å². The first-order chi connectivity index (χ1) is 12.5. The summed E-state index contributed by atoms with van der Waals surface area (Å²) >= 11 is 0. The Kier molecular flexibility index (Phi) is 5.21. The number of benzene rings is 2. The van der Waals surface area contributed by atoms with E-state index in [1.807, 2.05) is 19.9 Å². The molecular weight excluding hydrogens is 338 g/mol. The summed E-state index contributed by atoms with van der Waals surface area (Å²) in [7, 11) is 0. The van der Waals surface area contributed by atoms with Gasteiger partial charge in [0, 0.05) is 34.6 Å². The summed E-state index contributed by atoms with van der Waals surface area (Å²) < 4.78 is 38.9. The van der Waals surface area contributed by atoms with Crippen molar-refractivity contribution in [3.05, 3.63) is 53.7 Å². The number of aromatic nitrogens is 1. The Morgan fingerprint density at radius 2 is 1.69 bits per heavy atom. The number of aryl methyl sites for hydroxylation is 1. The summed E-state index contributed by atoms with van der Waals surface area (Å²) in [5.74, 6) is -0.0848. The normalized spacial score (nSPS) is 10.8. The summed E-state index contributed by atoms with van der Waals surface area (Å²) in [5.41, 5.74) is 2.04. The molecule has 1 heterocycles. The van der Waals surface area contributed by atoms with Crippen LogP contribution in [0.3, 0.4) is 0 Å². The fourth-order valence-electron chi connectivity index (χ4n) is 2.77. The topological polar surface area (TPSA) is 43.4 Å². The molecule has 4 nitrogen and oxygen atoms in total. The second-order valence-electron chi connectivity index (χ2n) is 5.75. The van der Waals surface area contributed by atoms with Crippen molar-refractivity contribution < 1.29 is 18.3 Å². The van der Waals surface area contributed by atoms with Crippen molar-refractivity contribution in [3.8, 4) is 11.5 Å². The Labute approximate surface area is 150 Å². The number of hydrogen-bond donors (Lipinski definition) is 1. The first-order valence-corrected chi connectivity index (χ1v) is 8.45. The number of nitrogens with zero attached hydrogens (tertiary/aromatic N) is 1. The lowest BCUT2D eigenvalue weighted by molar-refractivity contribution is 0.288. The molecular formula is C20H20F2N2O2. The average Bonchev–Trinajstić information content (AvgIpc) is 2.58. The molecule has 0 fully saturated rings. The maximum atomic E-state index is 14.1. The minimum atomic E-state index is -0.687. The zero-order chi connectivity index (χ0) is 18.7. The summed E-state index contributed by atoms with van der Waals surface area (Å²) in [6, 6.07) is 9.27. The summed E-state index contributed by atoms with van der Waals surface area (Å²) in [6.07, 6.45) is 0. The minimum Gasteiger partial charge on any atom is -0.490 e. The molecule has 1 N–H and O–H groups in total. The molecule has 0 aliphatic heterocycles. The van der Waals surface area contributed by atoms with Crippen LogP contribution in [0.5, 0.6) is 11.5 Å². The summed E-state index contributed by atoms with van der Waals surface area (Å²) in [5, 5.41) is 3.58. The highest BCUT2D eigenvalue weighted by molar-refractivity contribution is 5.93. The number of ether oxygens (including phenoxy) is 2. The predicted octanol–water partition coefficient (Wildman–Crippen LogP) is 5.36. The fraction of sp³-hybridized carbons (Fsp3) is 0.250. The highest BCUT2D eigenvalue weighted by Gasteiger charge is 2.12. The lowest BCUT2D eigenvalue weighted by Crippen LogP contribution is -2.00. The maximum Gasteiger partial charge on any atom is 0.163 e. The second-order valence-corrected chi connectivity index (χ2v) is 5.75. The van der Waals surface area contributed by atoms with Crippen LogP contribution in [0.4, 0.5) is 20.2 Å². The van der Waals surface area contributed by atoms with Gasteiger partial charge in [0.2, 0.25) is 0 Å². The number of rotatable bonds is 6. The average molecular weight is 358 g/mol. The summed E-state index contributed by atoms with van der Waals surface area (Å²) in [6.45, 7) is 6.58. The van der Waals surface area contributed by atoms with E-state index in [0.29, 0.717) is 47.2 Å². The molecule has 0 atom stereocenters. The van der Waals surface area contributed by atoms with Gasteiger partial charge in [0.05, 0.1) is 13.2 Å². The quantitative estimate of drug-likeness (QED) is 0.644. The van der Waals surface area contributed by atoms with E-state index in [1.54, 1.807) is 25.1 Å². The van der Waals surface area contributed by atoms with Crippen LogP contribution < -0.4 is 14.8 Å². The van der Waals surface area contributed by atoms with Gasteiger partial charge in [-0.05, 0) is 45.0 Å². The van der Waals surface area contributed by atoms with Crippen molar-refractivity contribution in [2.24, 2.45) is 0 Å². The first-order valence-electron chi connectivity index (χ1n) is 8.45. The highest BCUT2D eigenvalue weighted by atomic mass is 19.1. The number of hydrogen-bond acceptors (Lipinski definition) is 4. The Balaban J connectivity index is 2.04. The maximum absolute atomic E-state index is 14.1. The zero-order valence-electron chi connectivity index (χ0n) is 14.9. The Hall–Kier alpha value is -2.89. The Morgan fingerprint density at radius 3 is 2.42 bits per heavy atom. The van der Waals surface area contributed by atoms with Gasteiger partial charge in [-0.15, -0.1) is 0 Å². The molecule has 0 radical (unpaired) electrons. The number of pyridine rings is 1. The van der Waals surface area contributed by atoms with Crippen LogP contribution in [0.1, 0.15) is 19.5 Å². The van der Waals surface area contributed by atoms with Crippen molar-refractivity contribution in [1.82, 2.24) is 4.98 Å². The molecule has 0 saturated carbocycles. The van der Waals surface area contributed by atoms with Gasteiger partial charge in [0.15, 0.2) is 17.3 Å². The van der Waals surface area contributed by atoms with Crippen molar-refractivity contribution in [2.45, 2.75) is 20.8 Å². The lowest BCUT2D eigenvalue weighted by atomic mass is 10.1. The van der Waals surface area contributed by atoms with Gasteiger partial charge in [0.1, 0.15) is 11.3 Å². The predicted molar refractivity (Wildman–Crippen MR) is 98.5 cm³/mol. The third-order valence-electron chi connectivity index (χ3n) is 3.78. The third kappa shape index (κ3) is 3.69. The molecule has 0 aliphatic carbocycles. The Bertz CT molecular complexity index is 945. The van der Waals surface area contributed by atoms with E-state index in [1.165, 1.54) is 6.07 Å². The fourth-order valence-corrected chi connectivity index (χ4v) is 2.77. The molecule has 3 aromatic rings. The van der Waals surface area contributed by atoms with Gasteiger partial charge >= 0.3 is 0 Å². The zero-order valence-corrected chi connectivity index (χ0v) is 14.9. The van der Waals surface area contributed by atoms with E-state index in [9.17, 15) is 8.78 Å². The van der Waals surface area contributed by atoms with E-state index in [0.717, 1.165) is 6.07 Å². The molecule has 0 bridgehead atoms. The van der Waals surface area contributed by atoms with Gasteiger partial charge in [-0.25, -0.2) is 13.8 Å². The molecule has 0 spiro atoms. The van der Waals surface area contributed by atoms with Crippen molar-refractivity contribution >= 4 is 22.3 Å². The second kappa shape index (κ2) is 7.56. The van der Waals surface area contributed by atoms with E-state index in [2.05, 4.69) is 10.3 Å². The molecule has 26 heavy (non-hydrogen) atoms. The van der Waals surface area contributed by atoms with Gasteiger partial charge in [0.25, 0.3) is 0 Å². The van der Waals surface area contributed by atoms with Crippen LogP contribution in [-0.2, 0) is 0 Å². The summed E-state index contributed by atoms with van der Waals surface area (Å²) in [4.78, 5) is 4.18. The molecule has 6 heteroatoms. The molecule has 3 rings (SSSR count).